The second-order valence-electron chi connectivity index (χ2n) is 2.74. The smallest absolute Gasteiger partial charge is 0.417 e. The molecular formula is C9H4F3NO3. The summed E-state index contributed by atoms with van der Waals surface area (Å²) in [5.74, 6) is -1.70. The zero-order valence-electron chi connectivity index (χ0n) is 7.58. The Kier molecular flexibility index (Phi) is 3.10. The highest BCUT2D eigenvalue weighted by Crippen LogP contribution is 2.34. The Morgan fingerprint density at radius 1 is 1.38 bits per heavy atom. The van der Waals surface area contributed by atoms with Crippen LogP contribution in [0.3, 0.4) is 0 Å². The van der Waals surface area contributed by atoms with E-state index in [-0.39, 0.29) is 5.69 Å². The van der Waals surface area contributed by atoms with Gasteiger partial charge in [0.05, 0.1) is 16.8 Å². The van der Waals surface area contributed by atoms with Crippen LogP contribution in [0.4, 0.5) is 18.9 Å². The van der Waals surface area contributed by atoms with E-state index >= 15 is 0 Å². The van der Waals surface area contributed by atoms with Crippen molar-refractivity contribution in [2.75, 3.05) is 0 Å². The number of aromatic carboxylic acids is 1. The number of isocyanates is 1. The number of carboxylic acids is 1. The van der Waals surface area contributed by atoms with Crippen LogP contribution in [0.1, 0.15) is 15.9 Å². The normalized spacial score (nSPS) is 10.7. The van der Waals surface area contributed by atoms with Crippen molar-refractivity contribution >= 4 is 17.7 Å². The molecule has 0 unspecified atom stereocenters. The van der Waals surface area contributed by atoms with Crippen molar-refractivity contribution < 1.29 is 27.9 Å². The molecule has 7 heteroatoms. The van der Waals surface area contributed by atoms with Crippen molar-refractivity contribution in [2.45, 2.75) is 6.18 Å². The predicted molar refractivity (Wildman–Crippen MR) is 46.2 cm³/mol. The molecule has 0 atom stereocenters. The minimum Gasteiger partial charge on any atom is -0.478 e. The summed E-state index contributed by atoms with van der Waals surface area (Å²) >= 11 is 0. The first-order chi connectivity index (χ1) is 7.36. The van der Waals surface area contributed by atoms with Gasteiger partial charge >= 0.3 is 12.1 Å². The van der Waals surface area contributed by atoms with Gasteiger partial charge in [-0.3, -0.25) is 0 Å². The van der Waals surface area contributed by atoms with Crippen LogP contribution in [-0.2, 0) is 11.0 Å². The summed E-state index contributed by atoms with van der Waals surface area (Å²) in [5.41, 5.74) is -2.54. The number of carbonyl (C=O) groups excluding carboxylic acids is 1. The van der Waals surface area contributed by atoms with Crippen LogP contribution in [0.2, 0.25) is 0 Å². The zero-order valence-corrected chi connectivity index (χ0v) is 7.58. The van der Waals surface area contributed by atoms with Crippen molar-refractivity contribution in [1.29, 1.82) is 0 Å². The maximum Gasteiger partial charge on any atom is 0.417 e. The highest BCUT2D eigenvalue weighted by Gasteiger charge is 2.35. The highest BCUT2D eigenvalue weighted by molar-refractivity contribution is 5.90. The maximum absolute atomic E-state index is 12.4. The first-order valence-corrected chi connectivity index (χ1v) is 3.88. The number of nitrogens with zero attached hydrogens (tertiary/aromatic N) is 1. The molecule has 0 aliphatic heterocycles. The summed E-state index contributed by atoms with van der Waals surface area (Å²) in [4.78, 5) is 23.4. The van der Waals surface area contributed by atoms with E-state index < -0.39 is 23.3 Å². The quantitative estimate of drug-likeness (QED) is 0.627. The van der Waals surface area contributed by atoms with Crippen molar-refractivity contribution in [3.63, 3.8) is 0 Å². The van der Waals surface area contributed by atoms with E-state index in [4.69, 9.17) is 5.11 Å². The molecule has 0 fully saturated rings. The number of aliphatic imine (C=N–C) groups is 1. The Balaban J connectivity index is 3.44. The van der Waals surface area contributed by atoms with Crippen LogP contribution in [0.25, 0.3) is 0 Å². The molecular weight excluding hydrogens is 227 g/mol. The summed E-state index contributed by atoms with van der Waals surface area (Å²) in [6, 6.07) is 2.21. The number of benzene rings is 1. The van der Waals surface area contributed by atoms with Crippen molar-refractivity contribution in [2.24, 2.45) is 4.99 Å². The van der Waals surface area contributed by atoms with Crippen LogP contribution in [-0.4, -0.2) is 17.2 Å². The van der Waals surface area contributed by atoms with Gasteiger partial charge in [-0.05, 0) is 18.2 Å². The number of halogens is 3. The minimum absolute atomic E-state index is 0.299. The average Bonchev–Trinajstić information content (AvgIpc) is 2.16. The molecule has 16 heavy (non-hydrogen) atoms. The minimum atomic E-state index is -4.82. The average molecular weight is 231 g/mol. The fourth-order valence-electron chi connectivity index (χ4n) is 1.08. The highest BCUT2D eigenvalue weighted by atomic mass is 19.4. The number of hydrogen-bond acceptors (Lipinski definition) is 3. The van der Waals surface area contributed by atoms with Gasteiger partial charge in [-0.2, -0.15) is 18.2 Å². The molecule has 0 spiro atoms. The molecule has 1 N–H and O–H groups in total. The van der Waals surface area contributed by atoms with Gasteiger partial charge in [-0.15, -0.1) is 0 Å². The summed E-state index contributed by atoms with van der Waals surface area (Å²) in [7, 11) is 0. The number of carboxylic acid groups (broad SMARTS) is 1. The van der Waals surface area contributed by atoms with Crippen LogP contribution in [0, 0.1) is 0 Å². The molecule has 0 saturated carbocycles. The Bertz CT molecular complexity index is 475. The van der Waals surface area contributed by atoms with Crippen molar-refractivity contribution in [1.82, 2.24) is 0 Å². The van der Waals surface area contributed by atoms with Gasteiger partial charge in [0, 0.05) is 0 Å². The SMILES string of the molecule is O=C=Nc1ccc(C(=O)O)c(C(F)(F)F)c1. The second-order valence-corrected chi connectivity index (χ2v) is 2.74. The van der Waals surface area contributed by atoms with Gasteiger partial charge in [-0.1, -0.05) is 0 Å². The molecule has 0 aromatic heterocycles. The molecule has 0 radical (unpaired) electrons. The van der Waals surface area contributed by atoms with Gasteiger partial charge in [0.1, 0.15) is 0 Å². The summed E-state index contributed by atoms with van der Waals surface area (Å²) in [6.07, 6.45) is -3.75. The van der Waals surface area contributed by atoms with E-state index in [1.54, 1.807) is 0 Å². The van der Waals surface area contributed by atoms with Gasteiger partial charge < -0.3 is 5.11 Å². The molecule has 4 nitrogen and oxygen atoms in total. The van der Waals surface area contributed by atoms with Crippen LogP contribution >= 0.6 is 0 Å². The van der Waals surface area contributed by atoms with Crippen molar-refractivity contribution in [3.05, 3.63) is 29.3 Å². The fraction of sp³-hybridized carbons (Fsp3) is 0.111. The molecule has 84 valence electrons. The third-order valence-electron chi connectivity index (χ3n) is 1.71. The molecule has 1 rings (SSSR count). The third kappa shape index (κ3) is 2.46. The lowest BCUT2D eigenvalue weighted by Gasteiger charge is -2.10. The number of hydrogen-bond donors (Lipinski definition) is 1. The van der Waals surface area contributed by atoms with Crippen LogP contribution < -0.4 is 0 Å². The van der Waals surface area contributed by atoms with E-state index in [9.17, 15) is 22.8 Å². The Morgan fingerprint density at radius 3 is 2.44 bits per heavy atom. The van der Waals surface area contributed by atoms with E-state index in [2.05, 4.69) is 4.99 Å². The number of alkyl halides is 3. The largest absolute Gasteiger partial charge is 0.478 e. The third-order valence-corrected chi connectivity index (χ3v) is 1.71. The van der Waals surface area contributed by atoms with E-state index in [0.29, 0.717) is 6.07 Å². The van der Waals surface area contributed by atoms with Gasteiger partial charge in [0.25, 0.3) is 0 Å². The fourth-order valence-corrected chi connectivity index (χ4v) is 1.08. The number of carbonyl (C=O) groups is 1. The topological polar surface area (TPSA) is 66.7 Å². The molecule has 0 aliphatic rings. The van der Waals surface area contributed by atoms with Crippen LogP contribution in [0.5, 0.6) is 0 Å². The van der Waals surface area contributed by atoms with E-state index in [1.165, 1.54) is 0 Å². The molecule has 0 heterocycles. The Morgan fingerprint density at radius 2 is 2.00 bits per heavy atom. The molecule has 1 aromatic carbocycles. The lowest BCUT2D eigenvalue weighted by atomic mass is 10.1. The first-order valence-electron chi connectivity index (χ1n) is 3.88. The molecule has 1 aromatic rings. The second kappa shape index (κ2) is 4.16. The molecule has 0 saturated heterocycles. The zero-order chi connectivity index (χ0) is 12.3. The summed E-state index contributed by atoms with van der Waals surface area (Å²) in [5, 5.41) is 8.54. The molecule has 0 bridgehead atoms. The summed E-state index contributed by atoms with van der Waals surface area (Å²) in [6.45, 7) is 0. The van der Waals surface area contributed by atoms with Gasteiger partial charge in [-0.25, -0.2) is 9.59 Å². The Hall–Kier alpha value is -2.14. The van der Waals surface area contributed by atoms with Gasteiger partial charge in [0.15, 0.2) is 0 Å². The van der Waals surface area contributed by atoms with E-state index in [0.717, 1.165) is 18.2 Å². The first kappa shape index (κ1) is 11.9. The standard InChI is InChI=1S/C9H4F3NO3/c10-9(11,12)7-3-5(13-4-14)1-2-6(7)8(15)16/h1-3H,(H,15,16). The lowest BCUT2D eigenvalue weighted by Crippen LogP contribution is -2.12. The molecule has 0 amide bonds. The maximum atomic E-state index is 12.4. The van der Waals surface area contributed by atoms with Gasteiger partial charge in [0.2, 0.25) is 6.08 Å². The predicted octanol–water partition coefficient (Wildman–Crippen LogP) is 2.37. The van der Waals surface area contributed by atoms with Crippen LogP contribution in [0.15, 0.2) is 23.2 Å². The van der Waals surface area contributed by atoms with Crippen molar-refractivity contribution in [3.8, 4) is 0 Å². The monoisotopic (exact) mass is 231 g/mol. The molecule has 0 aliphatic carbocycles. The summed E-state index contributed by atoms with van der Waals surface area (Å²) < 4.78 is 37.3. The van der Waals surface area contributed by atoms with E-state index in [1.807, 2.05) is 0 Å². The number of rotatable bonds is 2. The Labute approximate surface area is 87.0 Å². The lowest BCUT2D eigenvalue weighted by molar-refractivity contribution is -0.138.